The summed E-state index contributed by atoms with van der Waals surface area (Å²) in [5.74, 6) is -0.601. The molecule has 1 aliphatic heterocycles. The highest BCUT2D eigenvalue weighted by Gasteiger charge is 2.32. The van der Waals surface area contributed by atoms with Crippen LogP contribution in [0.2, 0.25) is 0 Å². The van der Waals surface area contributed by atoms with Crippen molar-refractivity contribution in [3.63, 3.8) is 0 Å². The second-order valence-corrected chi connectivity index (χ2v) is 8.90. The minimum absolute atomic E-state index is 0.0275. The van der Waals surface area contributed by atoms with Crippen molar-refractivity contribution in [2.45, 2.75) is 31.6 Å². The van der Waals surface area contributed by atoms with Crippen molar-refractivity contribution < 1.29 is 17.6 Å². The molecule has 1 amide bonds. The summed E-state index contributed by atoms with van der Waals surface area (Å²) < 4.78 is 43.0. The van der Waals surface area contributed by atoms with Crippen molar-refractivity contribution in [3.8, 4) is 0 Å². The highest BCUT2D eigenvalue weighted by Crippen LogP contribution is 2.24. The Hall–Kier alpha value is -2.26. The molecule has 0 bridgehead atoms. The number of sulfonamides is 1. The summed E-state index contributed by atoms with van der Waals surface area (Å²) in [6, 6.07) is 6.20. The van der Waals surface area contributed by atoms with Gasteiger partial charge in [0.25, 0.3) is 0 Å². The highest BCUT2D eigenvalue weighted by molar-refractivity contribution is 7.89. The minimum atomic E-state index is -3.69. The number of carbonyl (C=O) groups excluding carboxylic acids is 1. The van der Waals surface area contributed by atoms with E-state index in [0.29, 0.717) is 36.5 Å². The first-order valence-corrected chi connectivity index (χ1v) is 10.7. The van der Waals surface area contributed by atoms with Crippen LogP contribution < -0.4 is 0 Å². The molecule has 1 saturated heterocycles. The van der Waals surface area contributed by atoms with Crippen LogP contribution in [0.4, 0.5) is 4.39 Å². The molecule has 0 aliphatic carbocycles. The van der Waals surface area contributed by atoms with Gasteiger partial charge in [0.1, 0.15) is 10.7 Å². The first-order valence-electron chi connectivity index (χ1n) is 9.23. The van der Waals surface area contributed by atoms with Gasteiger partial charge in [-0.1, -0.05) is 18.2 Å². The number of nitrogens with zero attached hydrogens (tertiary/aromatic N) is 4. The average Bonchev–Trinajstić information content (AvgIpc) is 2.82. The van der Waals surface area contributed by atoms with E-state index in [0.717, 1.165) is 0 Å². The van der Waals surface area contributed by atoms with E-state index in [9.17, 15) is 17.6 Å². The Labute approximate surface area is 164 Å². The smallest absolute Gasteiger partial charge is 0.246 e. The molecule has 0 saturated carbocycles. The van der Waals surface area contributed by atoms with Gasteiger partial charge in [-0.3, -0.25) is 9.48 Å². The number of carbonyl (C=O) groups is 1. The molecular formula is C19H25FN4O3S. The van der Waals surface area contributed by atoms with Crippen LogP contribution in [-0.2, 0) is 28.3 Å². The lowest BCUT2D eigenvalue weighted by Gasteiger charge is -2.22. The number of halogens is 1. The van der Waals surface area contributed by atoms with Gasteiger partial charge in [-0.05, 0) is 31.9 Å². The third kappa shape index (κ3) is 3.95. The van der Waals surface area contributed by atoms with E-state index in [1.807, 2.05) is 0 Å². The summed E-state index contributed by atoms with van der Waals surface area (Å²) in [4.78, 5) is 14.4. The van der Waals surface area contributed by atoms with Gasteiger partial charge >= 0.3 is 0 Å². The number of hydrogen-bond donors (Lipinski definition) is 0. The van der Waals surface area contributed by atoms with E-state index >= 15 is 0 Å². The zero-order chi connectivity index (χ0) is 20.5. The first kappa shape index (κ1) is 20.5. The van der Waals surface area contributed by atoms with E-state index in [1.54, 1.807) is 48.7 Å². The van der Waals surface area contributed by atoms with E-state index in [4.69, 9.17) is 0 Å². The molecule has 2 aromatic rings. The van der Waals surface area contributed by atoms with Crippen LogP contribution in [-0.4, -0.2) is 59.5 Å². The zero-order valence-electron chi connectivity index (χ0n) is 16.4. The van der Waals surface area contributed by atoms with Crippen LogP contribution in [0.15, 0.2) is 29.2 Å². The standard InChI is InChI=1S/C19H25FN4O3S/c1-14-19(15(2)22(3)21-14)28(26,27)24-10-6-9-23(11-12-24)18(25)13-16-7-4-5-8-17(16)20/h4-5,7-8H,6,9-13H2,1-3H3. The Morgan fingerprint density at radius 1 is 1.14 bits per heavy atom. The Kier molecular flexibility index (Phi) is 5.85. The van der Waals surface area contributed by atoms with Crippen LogP contribution in [0, 0.1) is 19.7 Å². The summed E-state index contributed by atoms with van der Waals surface area (Å²) in [5, 5.41) is 4.20. The van der Waals surface area contributed by atoms with Gasteiger partial charge in [-0.2, -0.15) is 9.40 Å². The molecule has 0 N–H and O–H groups in total. The fourth-order valence-corrected chi connectivity index (χ4v) is 5.43. The molecule has 0 radical (unpaired) electrons. The number of aryl methyl sites for hydroxylation is 2. The maximum absolute atomic E-state index is 13.8. The monoisotopic (exact) mass is 408 g/mol. The summed E-state index contributed by atoms with van der Waals surface area (Å²) in [6.45, 7) is 4.69. The molecule has 1 aromatic heterocycles. The maximum Gasteiger partial charge on any atom is 0.246 e. The lowest BCUT2D eigenvalue weighted by molar-refractivity contribution is -0.130. The zero-order valence-corrected chi connectivity index (χ0v) is 17.2. The minimum Gasteiger partial charge on any atom is -0.341 e. The van der Waals surface area contributed by atoms with Gasteiger partial charge in [0.2, 0.25) is 15.9 Å². The number of amides is 1. The normalized spacial score (nSPS) is 16.2. The molecule has 0 spiro atoms. The van der Waals surface area contributed by atoms with E-state index in [1.165, 1.54) is 10.4 Å². The van der Waals surface area contributed by atoms with Gasteiger partial charge in [-0.15, -0.1) is 0 Å². The Morgan fingerprint density at radius 2 is 1.86 bits per heavy atom. The van der Waals surface area contributed by atoms with Crippen LogP contribution in [0.5, 0.6) is 0 Å². The maximum atomic E-state index is 13.8. The van der Waals surface area contributed by atoms with Gasteiger partial charge < -0.3 is 4.90 Å². The van der Waals surface area contributed by atoms with Crippen LogP contribution >= 0.6 is 0 Å². The molecule has 1 aromatic carbocycles. The van der Waals surface area contributed by atoms with Gasteiger partial charge in [0.15, 0.2) is 0 Å². The Balaban J connectivity index is 1.72. The Bertz CT molecular complexity index is 987. The van der Waals surface area contributed by atoms with Gasteiger partial charge in [0, 0.05) is 33.2 Å². The molecule has 152 valence electrons. The number of benzene rings is 1. The molecule has 2 heterocycles. The van der Waals surface area contributed by atoms with Crippen molar-refractivity contribution in [1.82, 2.24) is 19.0 Å². The molecule has 28 heavy (non-hydrogen) atoms. The molecule has 1 aliphatic rings. The molecule has 7 nitrogen and oxygen atoms in total. The SMILES string of the molecule is Cc1nn(C)c(C)c1S(=O)(=O)N1CCCN(C(=O)Cc2ccccc2F)CC1. The van der Waals surface area contributed by atoms with Crippen LogP contribution in [0.1, 0.15) is 23.4 Å². The van der Waals surface area contributed by atoms with Crippen LogP contribution in [0.25, 0.3) is 0 Å². The number of aromatic nitrogens is 2. The second-order valence-electron chi connectivity index (χ2n) is 7.03. The third-order valence-electron chi connectivity index (χ3n) is 5.15. The molecule has 9 heteroatoms. The largest absolute Gasteiger partial charge is 0.341 e. The summed E-state index contributed by atoms with van der Waals surface area (Å²) in [6.07, 6.45) is 0.501. The molecule has 0 atom stereocenters. The van der Waals surface area contributed by atoms with Crippen molar-refractivity contribution in [3.05, 3.63) is 47.0 Å². The topological polar surface area (TPSA) is 75.5 Å². The quantitative estimate of drug-likeness (QED) is 0.771. The summed E-state index contributed by atoms with van der Waals surface area (Å²) in [5.41, 5.74) is 1.41. The Morgan fingerprint density at radius 3 is 2.50 bits per heavy atom. The molecule has 3 rings (SSSR count). The number of rotatable bonds is 4. The lowest BCUT2D eigenvalue weighted by Crippen LogP contribution is -2.38. The molecule has 1 fully saturated rings. The van der Waals surface area contributed by atoms with Crippen molar-refractivity contribution >= 4 is 15.9 Å². The van der Waals surface area contributed by atoms with E-state index < -0.39 is 15.8 Å². The van der Waals surface area contributed by atoms with Crippen molar-refractivity contribution in [1.29, 1.82) is 0 Å². The summed E-state index contributed by atoms with van der Waals surface area (Å²) in [7, 11) is -1.97. The fraction of sp³-hybridized carbons (Fsp3) is 0.474. The van der Waals surface area contributed by atoms with E-state index in [-0.39, 0.29) is 30.3 Å². The lowest BCUT2D eigenvalue weighted by atomic mass is 10.1. The summed E-state index contributed by atoms with van der Waals surface area (Å²) >= 11 is 0. The number of hydrogen-bond acceptors (Lipinski definition) is 4. The highest BCUT2D eigenvalue weighted by atomic mass is 32.2. The predicted molar refractivity (Wildman–Crippen MR) is 103 cm³/mol. The van der Waals surface area contributed by atoms with E-state index in [2.05, 4.69) is 5.10 Å². The fourth-order valence-electron chi connectivity index (χ4n) is 3.56. The molecular weight excluding hydrogens is 383 g/mol. The van der Waals surface area contributed by atoms with Crippen molar-refractivity contribution in [2.24, 2.45) is 7.05 Å². The third-order valence-corrected chi connectivity index (χ3v) is 7.30. The molecule has 0 unspecified atom stereocenters. The first-order chi connectivity index (χ1) is 13.2. The second kappa shape index (κ2) is 8.00. The van der Waals surface area contributed by atoms with Crippen LogP contribution in [0.3, 0.4) is 0 Å². The average molecular weight is 408 g/mol. The van der Waals surface area contributed by atoms with Gasteiger partial charge in [-0.25, -0.2) is 12.8 Å². The van der Waals surface area contributed by atoms with Crippen molar-refractivity contribution in [2.75, 3.05) is 26.2 Å². The van der Waals surface area contributed by atoms with Gasteiger partial charge in [0.05, 0.1) is 17.8 Å². The predicted octanol–water partition coefficient (Wildman–Crippen LogP) is 1.64.